The van der Waals surface area contributed by atoms with Crippen LogP contribution >= 0.6 is 23.2 Å². The van der Waals surface area contributed by atoms with Crippen molar-refractivity contribution in [2.75, 3.05) is 0 Å². The molecule has 1 aromatic heterocycles. The quantitative estimate of drug-likeness (QED) is 0.942. The highest BCUT2D eigenvalue weighted by Gasteiger charge is 2.16. The fourth-order valence-electron chi connectivity index (χ4n) is 1.55. The van der Waals surface area contributed by atoms with Gasteiger partial charge < -0.3 is 5.11 Å². The largest absolute Gasteiger partial charge is 0.476 e. The second-order valence-electron chi connectivity index (χ2n) is 3.73. The Morgan fingerprint density at radius 2 is 2.17 bits per heavy atom. The summed E-state index contributed by atoms with van der Waals surface area (Å²) in [7, 11) is 0. The molecule has 0 aliphatic heterocycles. The Hall–Kier alpha value is -1.59. The first-order valence-electron chi connectivity index (χ1n) is 5.09. The van der Waals surface area contributed by atoms with Crippen molar-refractivity contribution >= 4 is 29.2 Å². The molecule has 1 unspecified atom stereocenters. The minimum atomic E-state index is -1.12. The zero-order valence-electron chi connectivity index (χ0n) is 9.34. The number of benzene rings is 1. The Bertz CT molecular complexity index is 598. The lowest BCUT2D eigenvalue weighted by Gasteiger charge is -2.13. The molecule has 94 valence electrons. The third-order valence-electron chi connectivity index (χ3n) is 2.54. The minimum Gasteiger partial charge on any atom is -0.476 e. The summed E-state index contributed by atoms with van der Waals surface area (Å²) in [4.78, 5) is 10.7. The molecule has 1 atom stereocenters. The van der Waals surface area contributed by atoms with Gasteiger partial charge in [-0.05, 0) is 24.6 Å². The number of hydrogen-bond acceptors (Lipinski definition) is 3. The Balaban J connectivity index is 2.35. The van der Waals surface area contributed by atoms with Gasteiger partial charge in [-0.1, -0.05) is 34.5 Å². The van der Waals surface area contributed by atoms with E-state index in [9.17, 15) is 4.79 Å². The first kappa shape index (κ1) is 12.9. The Labute approximate surface area is 113 Å². The van der Waals surface area contributed by atoms with Crippen molar-refractivity contribution in [3.63, 3.8) is 0 Å². The standard InChI is InChI=1S/C11H9Cl2N3O2/c1-6(8-3-2-7(12)4-9(8)13)16-5-10(11(17)18)14-15-16/h2-6H,1H3,(H,17,18). The Kier molecular flexibility index (Phi) is 3.54. The smallest absolute Gasteiger partial charge is 0.358 e. The minimum absolute atomic E-state index is 0.105. The van der Waals surface area contributed by atoms with Crippen LogP contribution in [0.3, 0.4) is 0 Å². The van der Waals surface area contributed by atoms with E-state index < -0.39 is 5.97 Å². The van der Waals surface area contributed by atoms with Crippen LogP contribution in [0.1, 0.15) is 29.0 Å². The van der Waals surface area contributed by atoms with Crippen LogP contribution in [-0.2, 0) is 0 Å². The van der Waals surface area contributed by atoms with Crippen LogP contribution in [0.15, 0.2) is 24.4 Å². The number of rotatable bonds is 3. The lowest BCUT2D eigenvalue weighted by molar-refractivity contribution is 0.0690. The summed E-state index contributed by atoms with van der Waals surface area (Å²) in [6.45, 7) is 1.84. The SMILES string of the molecule is CC(c1ccc(Cl)cc1Cl)n1cc(C(=O)O)nn1. The average Bonchev–Trinajstić information content (AvgIpc) is 2.77. The molecule has 0 fully saturated rings. The predicted octanol–water partition coefficient (Wildman–Crippen LogP) is 2.89. The van der Waals surface area contributed by atoms with Crippen LogP contribution in [-0.4, -0.2) is 26.1 Å². The van der Waals surface area contributed by atoms with E-state index in [-0.39, 0.29) is 11.7 Å². The maximum Gasteiger partial charge on any atom is 0.358 e. The first-order chi connectivity index (χ1) is 8.49. The normalized spacial score (nSPS) is 12.4. The third kappa shape index (κ3) is 2.47. The number of nitrogens with zero attached hydrogens (tertiary/aromatic N) is 3. The van der Waals surface area contributed by atoms with Gasteiger partial charge in [-0.3, -0.25) is 0 Å². The highest BCUT2D eigenvalue weighted by molar-refractivity contribution is 6.35. The third-order valence-corrected chi connectivity index (χ3v) is 3.10. The van der Waals surface area contributed by atoms with E-state index in [2.05, 4.69) is 10.3 Å². The van der Waals surface area contributed by atoms with Crippen LogP contribution in [0.2, 0.25) is 10.0 Å². The van der Waals surface area contributed by atoms with E-state index >= 15 is 0 Å². The van der Waals surface area contributed by atoms with Crippen molar-refractivity contribution in [1.29, 1.82) is 0 Å². The van der Waals surface area contributed by atoms with Gasteiger partial charge in [0.05, 0.1) is 12.2 Å². The fraction of sp³-hybridized carbons (Fsp3) is 0.182. The fourth-order valence-corrected chi connectivity index (χ4v) is 2.11. The van der Waals surface area contributed by atoms with E-state index in [1.165, 1.54) is 10.9 Å². The number of carboxylic acid groups (broad SMARTS) is 1. The molecule has 7 heteroatoms. The van der Waals surface area contributed by atoms with Crippen LogP contribution < -0.4 is 0 Å². The molecule has 1 aromatic carbocycles. The number of aromatic carboxylic acids is 1. The highest BCUT2D eigenvalue weighted by Crippen LogP contribution is 2.27. The molecule has 2 aromatic rings. The molecule has 0 saturated carbocycles. The van der Waals surface area contributed by atoms with E-state index in [0.717, 1.165) is 5.56 Å². The van der Waals surface area contributed by atoms with Gasteiger partial charge in [0.2, 0.25) is 0 Å². The summed E-state index contributed by atoms with van der Waals surface area (Å²) < 4.78 is 1.44. The van der Waals surface area contributed by atoms with Crippen molar-refractivity contribution in [1.82, 2.24) is 15.0 Å². The van der Waals surface area contributed by atoms with Crippen LogP contribution in [0, 0.1) is 0 Å². The molecule has 0 radical (unpaired) electrons. The molecule has 0 aliphatic carbocycles. The van der Waals surface area contributed by atoms with Gasteiger partial charge in [0.1, 0.15) is 0 Å². The second-order valence-corrected chi connectivity index (χ2v) is 4.57. The molecule has 0 saturated heterocycles. The number of hydrogen-bond donors (Lipinski definition) is 1. The summed E-state index contributed by atoms with van der Waals surface area (Å²) in [5.74, 6) is -1.12. The van der Waals surface area contributed by atoms with Gasteiger partial charge in [0.15, 0.2) is 5.69 Å². The van der Waals surface area contributed by atoms with E-state index in [4.69, 9.17) is 28.3 Å². The molecule has 1 N–H and O–H groups in total. The van der Waals surface area contributed by atoms with Crippen molar-refractivity contribution in [3.8, 4) is 0 Å². The second kappa shape index (κ2) is 4.96. The maximum absolute atomic E-state index is 10.7. The Morgan fingerprint density at radius 3 is 2.72 bits per heavy atom. The molecule has 0 bridgehead atoms. The number of carboxylic acids is 1. The molecule has 5 nitrogen and oxygen atoms in total. The molecule has 1 heterocycles. The Morgan fingerprint density at radius 1 is 1.44 bits per heavy atom. The molecule has 18 heavy (non-hydrogen) atoms. The zero-order valence-corrected chi connectivity index (χ0v) is 10.9. The van der Waals surface area contributed by atoms with Crippen molar-refractivity contribution in [3.05, 3.63) is 45.7 Å². The van der Waals surface area contributed by atoms with Gasteiger partial charge in [-0.25, -0.2) is 9.48 Å². The van der Waals surface area contributed by atoms with Gasteiger partial charge >= 0.3 is 5.97 Å². The van der Waals surface area contributed by atoms with Crippen LogP contribution in [0.5, 0.6) is 0 Å². The predicted molar refractivity (Wildman–Crippen MR) is 67.3 cm³/mol. The topological polar surface area (TPSA) is 68.0 Å². The summed E-state index contributed by atoms with van der Waals surface area (Å²) in [5.41, 5.74) is 0.690. The van der Waals surface area contributed by atoms with Gasteiger partial charge in [-0.15, -0.1) is 5.10 Å². The van der Waals surface area contributed by atoms with E-state index in [0.29, 0.717) is 10.0 Å². The maximum atomic E-state index is 10.7. The molecule has 2 rings (SSSR count). The van der Waals surface area contributed by atoms with Crippen molar-refractivity contribution in [2.45, 2.75) is 13.0 Å². The number of aromatic nitrogens is 3. The van der Waals surface area contributed by atoms with E-state index in [1.54, 1.807) is 18.2 Å². The lowest BCUT2D eigenvalue weighted by Crippen LogP contribution is -2.08. The van der Waals surface area contributed by atoms with Crippen molar-refractivity contribution in [2.24, 2.45) is 0 Å². The summed E-state index contributed by atoms with van der Waals surface area (Å²) in [6, 6.07) is 4.89. The zero-order chi connectivity index (χ0) is 13.3. The summed E-state index contributed by atoms with van der Waals surface area (Å²) in [5, 5.41) is 17.2. The van der Waals surface area contributed by atoms with Crippen LogP contribution in [0.25, 0.3) is 0 Å². The average molecular weight is 286 g/mol. The molecule has 0 amide bonds. The highest BCUT2D eigenvalue weighted by atomic mass is 35.5. The summed E-state index contributed by atoms with van der Waals surface area (Å²) >= 11 is 11.9. The van der Waals surface area contributed by atoms with Gasteiger partial charge in [0, 0.05) is 10.0 Å². The molecular weight excluding hydrogens is 277 g/mol. The lowest BCUT2D eigenvalue weighted by atomic mass is 10.1. The number of carbonyl (C=O) groups is 1. The first-order valence-corrected chi connectivity index (χ1v) is 5.84. The van der Waals surface area contributed by atoms with Crippen molar-refractivity contribution < 1.29 is 9.90 Å². The molecule has 0 spiro atoms. The van der Waals surface area contributed by atoms with Gasteiger partial charge in [-0.2, -0.15) is 0 Å². The monoisotopic (exact) mass is 285 g/mol. The number of halogens is 2. The molecular formula is C11H9Cl2N3O2. The molecule has 0 aliphatic rings. The van der Waals surface area contributed by atoms with Gasteiger partial charge in [0.25, 0.3) is 0 Å². The van der Waals surface area contributed by atoms with Crippen LogP contribution in [0.4, 0.5) is 0 Å². The summed E-state index contributed by atoms with van der Waals surface area (Å²) in [6.07, 6.45) is 1.36. The van der Waals surface area contributed by atoms with E-state index in [1.807, 2.05) is 6.92 Å².